The lowest BCUT2D eigenvalue weighted by Gasteiger charge is -2.04. The number of aromatic amines is 1. The molecule has 10 heteroatoms. The first kappa shape index (κ1) is 20.3. The molecular formula is C19H19N5O4S. The van der Waals surface area contributed by atoms with Gasteiger partial charge in [-0.25, -0.2) is 4.98 Å². The van der Waals surface area contributed by atoms with Crippen LogP contribution in [0.3, 0.4) is 0 Å². The van der Waals surface area contributed by atoms with Crippen LogP contribution in [0.4, 0.5) is 11.4 Å². The van der Waals surface area contributed by atoms with E-state index < -0.39 is 4.92 Å². The fourth-order valence-corrected chi connectivity index (χ4v) is 2.99. The summed E-state index contributed by atoms with van der Waals surface area (Å²) in [4.78, 5) is 26.4. The van der Waals surface area contributed by atoms with Crippen molar-refractivity contribution in [2.45, 2.75) is 25.1 Å². The summed E-state index contributed by atoms with van der Waals surface area (Å²) in [6.45, 7) is 2.34. The molecule has 0 aliphatic heterocycles. The average molecular weight is 413 g/mol. The van der Waals surface area contributed by atoms with Gasteiger partial charge in [0.2, 0.25) is 11.1 Å². The normalized spacial score (nSPS) is 10.5. The van der Waals surface area contributed by atoms with E-state index in [0.717, 1.165) is 12.2 Å². The van der Waals surface area contributed by atoms with Crippen LogP contribution in [-0.2, 0) is 17.8 Å². The number of nitrogens with one attached hydrogen (secondary N) is 2. The number of hydrogen-bond donors (Lipinski definition) is 2. The number of amides is 1. The number of nitro benzene ring substituents is 1. The fraction of sp³-hybridized carbons (Fsp3) is 0.211. The molecule has 0 aliphatic carbocycles. The Morgan fingerprint density at radius 3 is 2.59 bits per heavy atom. The van der Waals surface area contributed by atoms with Crippen LogP contribution in [0.1, 0.15) is 18.3 Å². The second-order valence-electron chi connectivity index (χ2n) is 5.99. The molecule has 1 amide bonds. The van der Waals surface area contributed by atoms with Gasteiger partial charge in [0.15, 0.2) is 5.82 Å². The Kier molecular flexibility index (Phi) is 6.80. The van der Waals surface area contributed by atoms with Crippen molar-refractivity contribution in [1.29, 1.82) is 0 Å². The second-order valence-corrected chi connectivity index (χ2v) is 6.93. The summed E-state index contributed by atoms with van der Waals surface area (Å²) in [5.41, 5.74) is 1.69. The van der Waals surface area contributed by atoms with E-state index >= 15 is 0 Å². The van der Waals surface area contributed by atoms with Gasteiger partial charge in [-0.05, 0) is 36.2 Å². The summed E-state index contributed by atoms with van der Waals surface area (Å²) in [6, 6.07) is 13.5. The minimum absolute atomic E-state index is 0.0332. The zero-order valence-electron chi connectivity index (χ0n) is 15.6. The summed E-state index contributed by atoms with van der Waals surface area (Å²) in [6.07, 6.45) is 0.973. The molecule has 0 atom stereocenters. The first-order valence-electron chi connectivity index (χ1n) is 8.83. The van der Waals surface area contributed by atoms with Crippen molar-refractivity contribution in [2.75, 3.05) is 11.1 Å². The smallest absolute Gasteiger partial charge is 0.269 e. The Hall–Kier alpha value is -3.40. The van der Waals surface area contributed by atoms with E-state index in [4.69, 9.17) is 4.74 Å². The number of non-ortho nitro benzene ring substituents is 1. The van der Waals surface area contributed by atoms with Crippen LogP contribution in [0.25, 0.3) is 0 Å². The quantitative estimate of drug-likeness (QED) is 0.312. The molecule has 3 rings (SSSR count). The molecule has 29 heavy (non-hydrogen) atoms. The minimum atomic E-state index is -0.494. The van der Waals surface area contributed by atoms with E-state index in [-0.39, 0.29) is 24.0 Å². The average Bonchev–Trinajstić information content (AvgIpc) is 3.19. The maximum atomic E-state index is 12.0. The molecule has 0 saturated heterocycles. The van der Waals surface area contributed by atoms with Crippen molar-refractivity contribution in [3.05, 3.63) is 70.0 Å². The van der Waals surface area contributed by atoms with Gasteiger partial charge >= 0.3 is 0 Å². The number of carbonyl (C=O) groups excluding carboxylic acids is 1. The number of nitro groups is 1. The van der Waals surface area contributed by atoms with E-state index in [1.807, 2.05) is 24.3 Å². The summed E-state index contributed by atoms with van der Waals surface area (Å²) in [5.74, 6) is 1.15. The van der Waals surface area contributed by atoms with Crippen LogP contribution in [0.2, 0.25) is 0 Å². The molecule has 0 aliphatic rings. The zero-order valence-corrected chi connectivity index (χ0v) is 16.4. The predicted molar refractivity (Wildman–Crippen MR) is 109 cm³/mol. The topological polar surface area (TPSA) is 123 Å². The van der Waals surface area contributed by atoms with Gasteiger partial charge < -0.3 is 10.1 Å². The number of aryl methyl sites for hydroxylation is 1. The maximum Gasteiger partial charge on any atom is 0.269 e. The maximum absolute atomic E-state index is 12.0. The number of H-pyrrole nitrogens is 1. The Balaban J connectivity index is 1.44. The molecular weight excluding hydrogens is 394 g/mol. The highest BCUT2D eigenvalue weighted by Crippen LogP contribution is 2.18. The predicted octanol–water partition coefficient (Wildman–Crippen LogP) is 3.59. The molecule has 0 unspecified atom stereocenters. The Labute approximate surface area is 171 Å². The van der Waals surface area contributed by atoms with E-state index in [1.54, 1.807) is 0 Å². The van der Waals surface area contributed by atoms with Crippen molar-refractivity contribution < 1.29 is 14.5 Å². The number of thioether (sulfide) groups is 1. The van der Waals surface area contributed by atoms with E-state index in [0.29, 0.717) is 16.7 Å². The van der Waals surface area contributed by atoms with Crippen molar-refractivity contribution >= 4 is 29.0 Å². The molecule has 0 bridgehead atoms. The number of ether oxygens (including phenoxy) is 1. The van der Waals surface area contributed by atoms with E-state index in [2.05, 4.69) is 27.4 Å². The largest absolute Gasteiger partial charge is 0.486 e. The third-order valence-corrected chi connectivity index (χ3v) is 4.76. The molecule has 2 N–H and O–H groups in total. The first-order chi connectivity index (χ1) is 14.0. The molecule has 150 valence electrons. The van der Waals surface area contributed by atoms with Gasteiger partial charge in [-0.3, -0.25) is 20.0 Å². The third kappa shape index (κ3) is 6.04. The Bertz CT molecular complexity index is 973. The summed E-state index contributed by atoms with van der Waals surface area (Å²) in [7, 11) is 0. The van der Waals surface area contributed by atoms with Gasteiger partial charge in [-0.15, -0.1) is 5.10 Å². The van der Waals surface area contributed by atoms with Gasteiger partial charge in [0.1, 0.15) is 12.4 Å². The van der Waals surface area contributed by atoms with Crippen LogP contribution in [-0.4, -0.2) is 31.8 Å². The van der Waals surface area contributed by atoms with Gasteiger partial charge in [0.05, 0.1) is 10.7 Å². The third-order valence-electron chi connectivity index (χ3n) is 3.91. The van der Waals surface area contributed by atoms with Crippen molar-refractivity contribution in [3.8, 4) is 5.75 Å². The summed E-state index contributed by atoms with van der Waals surface area (Å²) in [5, 5.41) is 20.6. The van der Waals surface area contributed by atoms with E-state index in [1.165, 1.54) is 41.6 Å². The molecule has 3 aromatic rings. The fourth-order valence-electron chi connectivity index (χ4n) is 2.37. The van der Waals surface area contributed by atoms with Crippen molar-refractivity contribution in [1.82, 2.24) is 15.2 Å². The molecule has 0 fully saturated rings. The van der Waals surface area contributed by atoms with Crippen LogP contribution >= 0.6 is 11.8 Å². The molecule has 9 nitrogen and oxygen atoms in total. The number of hydrogen-bond acceptors (Lipinski definition) is 7. The molecule has 0 spiro atoms. The van der Waals surface area contributed by atoms with E-state index in [9.17, 15) is 14.9 Å². The van der Waals surface area contributed by atoms with Crippen molar-refractivity contribution in [3.63, 3.8) is 0 Å². The second kappa shape index (κ2) is 9.69. The summed E-state index contributed by atoms with van der Waals surface area (Å²) < 4.78 is 5.67. The van der Waals surface area contributed by atoms with Crippen LogP contribution < -0.4 is 10.1 Å². The lowest BCUT2D eigenvalue weighted by molar-refractivity contribution is -0.384. The minimum Gasteiger partial charge on any atom is -0.486 e. The highest BCUT2D eigenvalue weighted by Gasteiger charge is 2.10. The Morgan fingerprint density at radius 2 is 1.93 bits per heavy atom. The van der Waals surface area contributed by atoms with Gasteiger partial charge in [0.25, 0.3) is 5.69 Å². The standard InChI is InChI=1S/C19H19N5O4S/c1-2-13-3-9-16(10-4-13)28-11-17-21-19(23-22-17)29-12-18(25)20-14-5-7-15(8-6-14)24(26)27/h3-10H,2,11-12H2,1H3,(H,20,25)(H,21,22,23). The molecule has 0 saturated carbocycles. The monoisotopic (exact) mass is 413 g/mol. The van der Waals surface area contributed by atoms with Gasteiger partial charge in [-0.1, -0.05) is 30.8 Å². The number of carbonyl (C=O) groups is 1. The number of rotatable bonds is 9. The highest BCUT2D eigenvalue weighted by atomic mass is 32.2. The molecule has 0 radical (unpaired) electrons. The van der Waals surface area contributed by atoms with Crippen LogP contribution in [0.5, 0.6) is 5.75 Å². The number of nitrogens with zero attached hydrogens (tertiary/aromatic N) is 3. The first-order valence-corrected chi connectivity index (χ1v) is 9.82. The van der Waals surface area contributed by atoms with Crippen LogP contribution in [0.15, 0.2) is 53.7 Å². The molecule has 1 heterocycles. The SMILES string of the molecule is CCc1ccc(OCc2nc(SCC(=O)Nc3ccc([N+](=O)[O-])cc3)n[nH]2)cc1. The molecule has 2 aromatic carbocycles. The van der Waals surface area contributed by atoms with Gasteiger partial charge in [0, 0.05) is 17.8 Å². The Morgan fingerprint density at radius 1 is 1.21 bits per heavy atom. The van der Waals surface area contributed by atoms with Gasteiger partial charge in [-0.2, -0.15) is 0 Å². The number of benzene rings is 2. The lowest BCUT2D eigenvalue weighted by atomic mass is 10.2. The zero-order chi connectivity index (χ0) is 20.6. The molecule has 1 aromatic heterocycles. The summed E-state index contributed by atoms with van der Waals surface area (Å²) >= 11 is 1.17. The number of anilines is 1. The highest BCUT2D eigenvalue weighted by molar-refractivity contribution is 7.99. The number of aromatic nitrogens is 3. The van der Waals surface area contributed by atoms with Crippen LogP contribution in [0, 0.1) is 10.1 Å². The van der Waals surface area contributed by atoms with Crippen molar-refractivity contribution in [2.24, 2.45) is 0 Å². The lowest BCUT2D eigenvalue weighted by Crippen LogP contribution is -2.14.